The van der Waals surface area contributed by atoms with Gasteiger partial charge in [-0.1, -0.05) is 36.4 Å². The average molecular weight is 387 g/mol. The number of aromatic nitrogens is 1. The van der Waals surface area contributed by atoms with Gasteiger partial charge in [-0.2, -0.15) is 0 Å². The molecule has 0 unspecified atom stereocenters. The molecule has 2 heterocycles. The molecule has 0 saturated carbocycles. The van der Waals surface area contributed by atoms with Gasteiger partial charge in [-0.3, -0.25) is 9.78 Å². The van der Waals surface area contributed by atoms with Crippen molar-refractivity contribution in [2.75, 3.05) is 0 Å². The molecule has 7 heteroatoms. The van der Waals surface area contributed by atoms with E-state index < -0.39 is 18.9 Å². The van der Waals surface area contributed by atoms with Gasteiger partial charge < -0.3 is 14.8 Å². The van der Waals surface area contributed by atoms with Crippen LogP contribution in [0.4, 0.5) is 0 Å². The van der Waals surface area contributed by atoms with Crippen LogP contribution in [-0.4, -0.2) is 34.0 Å². The second-order valence-electron chi connectivity index (χ2n) is 7.01. The van der Waals surface area contributed by atoms with Gasteiger partial charge in [-0.25, -0.2) is 4.79 Å². The molecule has 2 aromatic carbocycles. The number of carboxylic acids is 1. The third-order valence-corrected chi connectivity index (χ3v) is 5.12. The van der Waals surface area contributed by atoms with Crippen LogP contribution < -0.4 is 4.65 Å². The fourth-order valence-corrected chi connectivity index (χ4v) is 3.58. The number of fused-ring (bicyclic) bond motifs is 1. The molecule has 6 nitrogen and oxygen atoms in total. The number of aromatic carboxylic acids is 1. The Balaban J connectivity index is 1.49. The second kappa shape index (κ2) is 7.89. The van der Waals surface area contributed by atoms with E-state index in [-0.39, 0.29) is 23.5 Å². The molecule has 0 fully saturated rings. The lowest BCUT2D eigenvalue weighted by Crippen LogP contribution is -2.35. The van der Waals surface area contributed by atoms with E-state index in [1.54, 1.807) is 36.7 Å². The van der Waals surface area contributed by atoms with Crippen molar-refractivity contribution >= 4 is 18.9 Å². The van der Waals surface area contributed by atoms with Crippen LogP contribution >= 0.6 is 0 Å². The van der Waals surface area contributed by atoms with Gasteiger partial charge in [0.05, 0.1) is 5.56 Å². The molecular formula is C22H18BNO5. The first-order valence-electron chi connectivity index (χ1n) is 9.26. The number of rotatable bonds is 5. The van der Waals surface area contributed by atoms with Crippen molar-refractivity contribution in [3.8, 4) is 16.9 Å². The Labute approximate surface area is 168 Å². The number of Topliss-reactive ketones (excluding diaryl/α,β-unsaturated/α-hetero) is 1. The maximum atomic E-state index is 12.7. The first-order valence-corrected chi connectivity index (χ1v) is 9.26. The van der Waals surface area contributed by atoms with E-state index in [4.69, 9.17) is 4.65 Å². The highest BCUT2D eigenvalue weighted by Gasteiger charge is 2.37. The quantitative estimate of drug-likeness (QED) is 0.514. The second-order valence-corrected chi connectivity index (χ2v) is 7.01. The van der Waals surface area contributed by atoms with Crippen molar-refractivity contribution in [2.24, 2.45) is 0 Å². The molecule has 1 aromatic heterocycles. The molecule has 3 aromatic rings. The van der Waals surface area contributed by atoms with E-state index in [2.05, 4.69) is 4.98 Å². The van der Waals surface area contributed by atoms with Crippen LogP contribution in [0.15, 0.2) is 67.0 Å². The van der Waals surface area contributed by atoms with Crippen LogP contribution in [0.2, 0.25) is 5.82 Å². The van der Waals surface area contributed by atoms with E-state index in [9.17, 15) is 19.7 Å². The normalized spacial score (nSPS) is 15.3. The summed E-state index contributed by atoms with van der Waals surface area (Å²) in [6.45, 7) is 0. The molecule has 2 N–H and O–H groups in total. The summed E-state index contributed by atoms with van der Waals surface area (Å²) < 4.78 is 5.47. The molecule has 0 amide bonds. The van der Waals surface area contributed by atoms with E-state index in [0.29, 0.717) is 17.5 Å². The number of hydrogen-bond donors (Lipinski definition) is 2. The van der Waals surface area contributed by atoms with Crippen LogP contribution in [0.5, 0.6) is 5.75 Å². The molecule has 4 rings (SSSR count). The third kappa shape index (κ3) is 3.91. The molecular weight excluding hydrogens is 369 g/mol. The largest absolute Gasteiger partial charge is 0.535 e. The standard InChI is InChI=1S/C22H18BNO5/c25-20(16-6-4-14(5-7-16)15-8-10-24-11-9-15)13-18-12-17-2-1-3-19(22(26)27)21(17)29-23(18)28/h1-11,18,28H,12-13H2,(H,26,27)/t18-/m1/s1. The van der Waals surface area contributed by atoms with Gasteiger partial charge in [0, 0.05) is 30.2 Å². The van der Waals surface area contributed by atoms with Gasteiger partial charge in [-0.05, 0) is 41.3 Å². The highest BCUT2D eigenvalue weighted by atomic mass is 16.5. The smallest absolute Gasteiger partial charge is 0.526 e. The summed E-state index contributed by atoms with van der Waals surface area (Å²) in [5.74, 6) is -1.48. The van der Waals surface area contributed by atoms with Crippen LogP contribution in [0.1, 0.15) is 32.7 Å². The fourth-order valence-electron chi connectivity index (χ4n) is 3.58. The van der Waals surface area contributed by atoms with Gasteiger partial charge in [0.15, 0.2) is 5.78 Å². The number of carboxylic acid groups (broad SMARTS) is 1. The SMILES string of the molecule is O=C(C[C@H]1Cc2cccc(C(=O)O)c2OB1O)c1ccc(-c2ccncc2)cc1. The number of para-hydroxylation sites is 1. The third-order valence-electron chi connectivity index (χ3n) is 5.12. The van der Waals surface area contributed by atoms with Crippen LogP contribution in [0.25, 0.3) is 11.1 Å². The van der Waals surface area contributed by atoms with Crippen molar-refractivity contribution in [1.29, 1.82) is 0 Å². The van der Waals surface area contributed by atoms with Gasteiger partial charge >= 0.3 is 13.1 Å². The summed E-state index contributed by atoms with van der Waals surface area (Å²) in [4.78, 5) is 28.1. The Morgan fingerprint density at radius 2 is 1.72 bits per heavy atom. The predicted molar refractivity (Wildman–Crippen MR) is 108 cm³/mol. The molecule has 0 spiro atoms. The average Bonchev–Trinajstić information content (AvgIpc) is 2.74. The molecule has 1 atom stereocenters. The van der Waals surface area contributed by atoms with Crippen molar-refractivity contribution in [3.05, 3.63) is 83.7 Å². The topological polar surface area (TPSA) is 96.7 Å². The highest BCUT2D eigenvalue weighted by molar-refractivity contribution is 6.47. The van der Waals surface area contributed by atoms with E-state index >= 15 is 0 Å². The summed E-state index contributed by atoms with van der Waals surface area (Å²) in [6, 6.07) is 15.9. The van der Waals surface area contributed by atoms with Crippen molar-refractivity contribution in [3.63, 3.8) is 0 Å². The van der Waals surface area contributed by atoms with Gasteiger partial charge in [0.25, 0.3) is 0 Å². The monoisotopic (exact) mass is 387 g/mol. The van der Waals surface area contributed by atoms with Crippen LogP contribution in [0.3, 0.4) is 0 Å². The zero-order valence-corrected chi connectivity index (χ0v) is 15.5. The minimum absolute atomic E-state index is 0.0121. The van der Waals surface area contributed by atoms with Crippen LogP contribution in [0, 0.1) is 0 Å². The molecule has 144 valence electrons. The van der Waals surface area contributed by atoms with Gasteiger partial charge in [-0.15, -0.1) is 0 Å². The lowest BCUT2D eigenvalue weighted by Gasteiger charge is -2.28. The lowest BCUT2D eigenvalue weighted by molar-refractivity contribution is 0.0693. The summed E-state index contributed by atoms with van der Waals surface area (Å²) in [5, 5.41) is 19.6. The Morgan fingerprint density at radius 1 is 1.03 bits per heavy atom. The number of benzene rings is 2. The van der Waals surface area contributed by atoms with E-state index in [1.807, 2.05) is 24.3 Å². The molecule has 1 aliphatic heterocycles. The van der Waals surface area contributed by atoms with E-state index in [0.717, 1.165) is 11.1 Å². The number of nitrogens with zero attached hydrogens (tertiary/aromatic N) is 1. The lowest BCUT2D eigenvalue weighted by atomic mass is 9.64. The van der Waals surface area contributed by atoms with Crippen molar-refractivity contribution in [1.82, 2.24) is 4.98 Å². The Kier molecular flexibility index (Phi) is 5.14. The molecule has 0 bridgehead atoms. The van der Waals surface area contributed by atoms with Crippen molar-refractivity contribution in [2.45, 2.75) is 18.7 Å². The molecule has 0 aliphatic carbocycles. The van der Waals surface area contributed by atoms with Crippen LogP contribution in [-0.2, 0) is 6.42 Å². The minimum Gasteiger partial charge on any atom is -0.535 e. The van der Waals surface area contributed by atoms with Crippen molar-refractivity contribution < 1.29 is 24.4 Å². The number of ketones is 1. The van der Waals surface area contributed by atoms with Gasteiger partial charge in [0.1, 0.15) is 5.75 Å². The number of carbonyl (C=O) groups excluding carboxylic acids is 1. The zero-order chi connectivity index (χ0) is 20.4. The highest BCUT2D eigenvalue weighted by Crippen LogP contribution is 2.36. The maximum absolute atomic E-state index is 12.7. The molecule has 1 aliphatic rings. The maximum Gasteiger partial charge on any atom is 0.526 e. The summed E-state index contributed by atoms with van der Waals surface area (Å²) in [5.41, 5.74) is 3.25. The Bertz CT molecular complexity index is 1050. The zero-order valence-electron chi connectivity index (χ0n) is 15.5. The summed E-state index contributed by atoms with van der Waals surface area (Å²) >= 11 is 0. The van der Waals surface area contributed by atoms with E-state index in [1.165, 1.54) is 6.07 Å². The molecule has 0 radical (unpaired) electrons. The van der Waals surface area contributed by atoms with Gasteiger partial charge in [0.2, 0.25) is 0 Å². The number of hydrogen-bond acceptors (Lipinski definition) is 5. The fraction of sp³-hybridized carbons (Fsp3) is 0.136. The first kappa shape index (κ1) is 18.9. The summed E-state index contributed by atoms with van der Waals surface area (Å²) in [7, 11) is -1.23. The number of carbonyl (C=O) groups is 2. The minimum atomic E-state index is -1.23. The molecule has 0 saturated heterocycles. The number of pyridine rings is 1. The molecule has 29 heavy (non-hydrogen) atoms. The summed E-state index contributed by atoms with van der Waals surface area (Å²) in [6.07, 6.45) is 3.91. The Morgan fingerprint density at radius 3 is 2.41 bits per heavy atom. The first-order chi connectivity index (χ1) is 14.0. The Hall–Kier alpha value is -3.45. The predicted octanol–water partition coefficient (Wildman–Crippen LogP) is 3.51.